The number of benzene rings is 2. The lowest BCUT2D eigenvalue weighted by Gasteiger charge is -2.18. The minimum atomic E-state index is -0.133. The van der Waals surface area contributed by atoms with Gasteiger partial charge in [-0.15, -0.1) is 0 Å². The van der Waals surface area contributed by atoms with E-state index < -0.39 is 0 Å². The zero-order valence-corrected chi connectivity index (χ0v) is 15.5. The Morgan fingerprint density at radius 1 is 1.08 bits per heavy atom. The summed E-state index contributed by atoms with van der Waals surface area (Å²) < 4.78 is 5.13. The van der Waals surface area contributed by atoms with E-state index in [2.05, 4.69) is 40.0 Å². The standard InChI is InChI=1S/C20H26N4O2/c1-15(16-8-5-4-6-9-16)24-20(21-2)23-13-12-22-19(25)17-10-7-11-18(14-17)26-3/h4-11,14-15H,12-13H2,1-3H3,(H,22,25)(H2,21,23,24). The summed E-state index contributed by atoms with van der Waals surface area (Å²) >= 11 is 0. The molecule has 0 radical (unpaired) electrons. The third kappa shape index (κ3) is 5.81. The highest BCUT2D eigenvalue weighted by Crippen LogP contribution is 2.12. The van der Waals surface area contributed by atoms with Gasteiger partial charge in [0.2, 0.25) is 0 Å². The van der Waals surface area contributed by atoms with Crippen LogP contribution in [0.25, 0.3) is 0 Å². The molecule has 138 valence electrons. The molecule has 0 bridgehead atoms. The lowest BCUT2D eigenvalue weighted by atomic mass is 10.1. The zero-order valence-electron chi connectivity index (χ0n) is 15.5. The Morgan fingerprint density at radius 2 is 1.81 bits per heavy atom. The largest absolute Gasteiger partial charge is 0.497 e. The van der Waals surface area contributed by atoms with Crippen LogP contribution >= 0.6 is 0 Å². The minimum absolute atomic E-state index is 0.133. The number of methoxy groups -OCH3 is 1. The predicted molar refractivity (Wildman–Crippen MR) is 105 cm³/mol. The average Bonchev–Trinajstić information content (AvgIpc) is 2.70. The Bertz CT molecular complexity index is 732. The molecule has 0 aliphatic carbocycles. The Kier molecular flexibility index (Phi) is 7.49. The highest BCUT2D eigenvalue weighted by atomic mass is 16.5. The van der Waals surface area contributed by atoms with Gasteiger partial charge in [0.1, 0.15) is 5.75 Å². The van der Waals surface area contributed by atoms with Crippen LogP contribution in [0.5, 0.6) is 5.75 Å². The molecule has 1 unspecified atom stereocenters. The van der Waals surface area contributed by atoms with Gasteiger partial charge in [-0.1, -0.05) is 36.4 Å². The summed E-state index contributed by atoms with van der Waals surface area (Å²) in [4.78, 5) is 16.4. The highest BCUT2D eigenvalue weighted by molar-refractivity contribution is 5.94. The van der Waals surface area contributed by atoms with Crippen molar-refractivity contribution in [3.8, 4) is 5.75 Å². The molecule has 2 aromatic carbocycles. The molecule has 1 atom stereocenters. The van der Waals surface area contributed by atoms with Crippen LogP contribution in [-0.2, 0) is 0 Å². The van der Waals surface area contributed by atoms with Crippen molar-refractivity contribution in [3.63, 3.8) is 0 Å². The van der Waals surface area contributed by atoms with Gasteiger partial charge in [-0.25, -0.2) is 0 Å². The van der Waals surface area contributed by atoms with Crippen molar-refractivity contribution in [3.05, 3.63) is 65.7 Å². The molecule has 0 heterocycles. The molecular formula is C20H26N4O2. The molecule has 26 heavy (non-hydrogen) atoms. The Morgan fingerprint density at radius 3 is 2.50 bits per heavy atom. The molecule has 3 N–H and O–H groups in total. The second kappa shape index (κ2) is 10.1. The van der Waals surface area contributed by atoms with Crippen molar-refractivity contribution in [1.82, 2.24) is 16.0 Å². The number of carbonyl (C=O) groups excluding carboxylic acids is 1. The monoisotopic (exact) mass is 354 g/mol. The fraction of sp³-hybridized carbons (Fsp3) is 0.300. The van der Waals surface area contributed by atoms with Gasteiger partial charge in [0.25, 0.3) is 5.91 Å². The average molecular weight is 354 g/mol. The summed E-state index contributed by atoms with van der Waals surface area (Å²) in [5, 5.41) is 9.40. The number of guanidine groups is 1. The molecule has 6 nitrogen and oxygen atoms in total. The maximum atomic E-state index is 12.1. The summed E-state index contributed by atoms with van der Waals surface area (Å²) in [5.41, 5.74) is 1.76. The summed E-state index contributed by atoms with van der Waals surface area (Å²) in [7, 11) is 3.30. The van der Waals surface area contributed by atoms with Gasteiger partial charge < -0.3 is 20.7 Å². The van der Waals surface area contributed by atoms with E-state index in [4.69, 9.17) is 4.74 Å². The zero-order chi connectivity index (χ0) is 18.8. The molecule has 0 saturated carbocycles. The summed E-state index contributed by atoms with van der Waals surface area (Å²) in [5.74, 6) is 1.22. The number of carbonyl (C=O) groups is 1. The van der Waals surface area contributed by atoms with E-state index in [-0.39, 0.29) is 11.9 Å². The third-order valence-electron chi connectivity index (χ3n) is 3.91. The molecule has 2 rings (SSSR count). The lowest BCUT2D eigenvalue weighted by molar-refractivity contribution is 0.0954. The topological polar surface area (TPSA) is 74.8 Å². The van der Waals surface area contributed by atoms with E-state index in [0.29, 0.717) is 30.4 Å². The van der Waals surface area contributed by atoms with E-state index >= 15 is 0 Å². The first kappa shape index (κ1) is 19.3. The molecule has 2 aromatic rings. The fourth-order valence-electron chi connectivity index (χ4n) is 2.45. The second-order valence-electron chi connectivity index (χ2n) is 5.76. The van der Waals surface area contributed by atoms with Crippen LogP contribution in [0.3, 0.4) is 0 Å². The van der Waals surface area contributed by atoms with Crippen LogP contribution in [0.1, 0.15) is 28.9 Å². The van der Waals surface area contributed by atoms with Gasteiger partial charge in [0.15, 0.2) is 5.96 Å². The van der Waals surface area contributed by atoms with Crippen LogP contribution in [0.15, 0.2) is 59.6 Å². The summed E-state index contributed by atoms with van der Waals surface area (Å²) in [6, 6.07) is 17.4. The smallest absolute Gasteiger partial charge is 0.251 e. The Labute approximate surface area is 154 Å². The first-order chi connectivity index (χ1) is 12.6. The van der Waals surface area contributed by atoms with Gasteiger partial charge >= 0.3 is 0 Å². The Balaban J connectivity index is 1.76. The maximum absolute atomic E-state index is 12.1. The van der Waals surface area contributed by atoms with E-state index in [0.717, 1.165) is 0 Å². The van der Waals surface area contributed by atoms with E-state index in [1.54, 1.807) is 32.4 Å². The third-order valence-corrected chi connectivity index (χ3v) is 3.91. The number of rotatable bonds is 7. The molecule has 0 aromatic heterocycles. The molecule has 6 heteroatoms. The maximum Gasteiger partial charge on any atom is 0.251 e. The van der Waals surface area contributed by atoms with Crippen LogP contribution in [0.2, 0.25) is 0 Å². The summed E-state index contributed by atoms with van der Waals surface area (Å²) in [6.45, 7) is 3.13. The first-order valence-corrected chi connectivity index (χ1v) is 8.58. The number of hydrogen-bond donors (Lipinski definition) is 3. The van der Waals surface area contributed by atoms with Crippen molar-refractivity contribution >= 4 is 11.9 Å². The van der Waals surface area contributed by atoms with Gasteiger partial charge in [0, 0.05) is 25.7 Å². The predicted octanol–water partition coefficient (Wildman–Crippen LogP) is 2.35. The van der Waals surface area contributed by atoms with Crippen LogP contribution in [0.4, 0.5) is 0 Å². The second-order valence-corrected chi connectivity index (χ2v) is 5.76. The fourth-order valence-corrected chi connectivity index (χ4v) is 2.45. The number of hydrogen-bond acceptors (Lipinski definition) is 3. The van der Waals surface area contributed by atoms with Gasteiger partial charge in [-0.3, -0.25) is 9.79 Å². The number of nitrogens with one attached hydrogen (secondary N) is 3. The quantitative estimate of drug-likeness (QED) is 0.405. The van der Waals surface area contributed by atoms with Gasteiger partial charge in [0.05, 0.1) is 13.2 Å². The minimum Gasteiger partial charge on any atom is -0.497 e. The van der Waals surface area contributed by atoms with E-state index in [1.807, 2.05) is 24.3 Å². The van der Waals surface area contributed by atoms with Crippen LogP contribution in [0, 0.1) is 0 Å². The van der Waals surface area contributed by atoms with E-state index in [1.165, 1.54) is 5.56 Å². The SMILES string of the molecule is CN=C(NCCNC(=O)c1cccc(OC)c1)NC(C)c1ccccc1. The molecule has 0 fully saturated rings. The highest BCUT2D eigenvalue weighted by Gasteiger charge is 2.08. The molecule has 0 saturated heterocycles. The van der Waals surface area contributed by atoms with Crippen LogP contribution < -0.4 is 20.7 Å². The van der Waals surface area contributed by atoms with Crippen molar-refractivity contribution in [2.45, 2.75) is 13.0 Å². The first-order valence-electron chi connectivity index (χ1n) is 8.58. The number of nitrogens with zero attached hydrogens (tertiary/aromatic N) is 1. The number of amides is 1. The number of aliphatic imine (C=N–C) groups is 1. The summed E-state index contributed by atoms with van der Waals surface area (Å²) in [6.07, 6.45) is 0. The van der Waals surface area contributed by atoms with E-state index in [9.17, 15) is 4.79 Å². The van der Waals surface area contributed by atoms with Crippen molar-refractivity contribution < 1.29 is 9.53 Å². The van der Waals surface area contributed by atoms with Gasteiger partial charge in [-0.2, -0.15) is 0 Å². The van der Waals surface area contributed by atoms with Crippen LogP contribution in [-0.4, -0.2) is 39.1 Å². The number of ether oxygens (including phenoxy) is 1. The molecular weight excluding hydrogens is 328 g/mol. The van der Waals surface area contributed by atoms with Gasteiger partial charge in [-0.05, 0) is 30.7 Å². The van der Waals surface area contributed by atoms with Crippen molar-refractivity contribution in [2.75, 3.05) is 27.2 Å². The van der Waals surface area contributed by atoms with Crippen molar-refractivity contribution in [1.29, 1.82) is 0 Å². The molecule has 1 amide bonds. The van der Waals surface area contributed by atoms with Crippen molar-refractivity contribution in [2.24, 2.45) is 4.99 Å². The Hall–Kier alpha value is -3.02. The molecule has 0 spiro atoms. The lowest BCUT2D eigenvalue weighted by Crippen LogP contribution is -2.42. The molecule has 0 aliphatic heterocycles. The normalized spacial score (nSPS) is 12.2. The molecule has 0 aliphatic rings.